The number of Topliss-reactive ketones (excluding diaryl/α,β-unsaturated/α-hetero) is 1. The van der Waals surface area contributed by atoms with Gasteiger partial charge in [0.05, 0.1) is 37.5 Å². The van der Waals surface area contributed by atoms with Crippen LogP contribution in [0.1, 0.15) is 159 Å². The molecule has 3 unspecified atom stereocenters. The predicted octanol–water partition coefficient (Wildman–Crippen LogP) is 12.6. The van der Waals surface area contributed by atoms with Crippen molar-refractivity contribution < 1.29 is 38.9 Å². The number of hydrogen-bond acceptors (Lipinski definition) is 14. The van der Waals surface area contributed by atoms with Gasteiger partial charge in [0.2, 0.25) is 23.6 Å². The van der Waals surface area contributed by atoms with Crippen molar-refractivity contribution in [1.29, 1.82) is 0 Å². The Kier molecular flexibility index (Phi) is 26.2. The standard InChI is InChI=1S/C75H92Cl4N12O8/c1-46(2)90(54-35-50(36-54)24-29-63-86-59-28-25-53(75(3,4)5)40-60(59)87-63)43-62-69(96)70(97)74(99-62)91-45-85-67-71(83-44-84-72(67)91)82-32-15-14-31-81-65(93)21-16-20-64(92)80-30-13-8-6-7-12-19-66(94)88-61(39-47-17-10-9-11-18-47)73(98)89-41-51(33-48-22-26-55(76)57(78)37-48)68(95)52(42-89)34-49-23-27-56(77)58(79)38-49/h9-11,17-18,22-23,25-28,33-34,37-38,40,44-46,50,54,61-62,69-70,74,96-97H,6-8,12-16,19-21,24,29-32,35-36,39,41-43H2,1-5H3,(H,80,92)(H,81,93)(H,86,87)(H,88,94)(H,82,83,84)/b51-33+,52-34+/t50?,54?,61-,62-,69?,70?,74?/m1/s1. The molecular formula is C75H92Cl4N12O8. The molecule has 5 atom stereocenters. The van der Waals surface area contributed by atoms with E-state index in [1.165, 1.54) is 11.9 Å². The number of ether oxygens (including phenoxy) is 1. The van der Waals surface area contributed by atoms with Crippen molar-refractivity contribution in [3.05, 3.63) is 157 Å². The number of nitrogens with zero attached hydrogens (tertiary/aromatic N) is 7. The fourth-order valence-corrected chi connectivity index (χ4v) is 13.9. The van der Waals surface area contributed by atoms with Gasteiger partial charge in [0, 0.05) is 94.6 Å². The summed E-state index contributed by atoms with van der Waals surface area (Å²) >= 11 is 25.1. The van der Waals surface area contributed by atoms with Crippen molar-refractivity contribution in [1.82, 2.24) is 55.2 Å². The van der Waals surface area contributed by atoms with E-state index in [2.05, 4.69) is 98.9 Å². The van der Waals surface area contributed by atoms with E-state index in [0.29, 0.717) is 117 Å². The van der Waals surface area contributed by atoms with E-state index in [9.17, 15) is 34.2 Å². The average molecular weight is 1430 g/mol. The minimum Gasteiger partial charge on any atom is -0.387 e. The molecular weight excluding hydrogens is 1340 g/mol. The van der Waals surface area contributed by atoms with Gasteiger partial charge < -0.3 is 46.1 Å². The summed E-state index contributed by atoms with van der Waals surface area (Å²) < 4.78 is 8.12. The molecule has 3 aromatic heterocycles. The number of rotatable bonds is 32. The Morgan fingerprint density at radius 2 is 1.35 bits per heavy atom. The van der Waals surface area contributed by atoms with Gasteiger partial charge in [0.15, 0.2) is 29.0 Å². The number of anilines is 1. The Bertz CT molecular complexity index is 3940. The molecule has 2 saturated heterocycles. The molecule has 10 rings (SSSR count). The third-order valence-electron chi connectivity index (χ3n) is 18.9. The van der Waals surface area contributed by atoms with Gasteiger partial charge in [-0.15, -0.1) is 0 Å². The van der Waals surface area contributed by atoms with Crippen molar-refractivity contribution >= 4 is 116 Å². The smallest absolute Gasteiger partial charge is 0.246 e. The van der Waals surface area contributed by atoms with E-state index in [-0.39, 0.29) is 79.6 Å². The normalized spacial score (nSPS) is 19.9. The summed E-state index contributed by atoms with van der Waals surface area (Å²) in [5.41, 5.74) is 7.27. The summed E-state index contributed by atoms with van der Waals surface area (Å²) in [6.07, 6.45) is 13.3. The summed E-state index contributed by atoms with van der Waals surface area (Å²) in [5.74, 6) is 1.07. The second-order valence-electron chi connectivity index (χ2n) is 27.8. The Morgan fingerprint density at radius 3 is 2.00 bits per heavy atom. The number of aromatic nitrogens is 6. The zero-order valence-corrected chi connectivity index (χ0v) is 60.1. The molecule has 20 nitrogen and oxygen atoms in total. The summed E-state index contributed by atoms with van der Waals surface area (Å²) in [6.45, 7) is 13.0. The Labute approximate surface area is 599 Å². The third-order valence-corrected chi connectivity index (χ3v) is 20.4. The molecule has 3 aliphatic rings. The summed E-state index contributed by atoms with van der Waals surface area (Å²) in [5, 5.41) is 36.4. The first-order valence-corrected chi connectivity index (χ1v) is 36.3. The molecule has 0 bridgehead atoms. The van der Waals surface area contributed by atoms with Crippen LogP contribution in [0.2, 0.25) is 20.1 Å². The number of likely N-dealkylation sites (tertiary alicyclic amines) is 1. The van der Waals surface area contributed by atoms with E-state index >= 15 is 0 Å². The maximum Gasteiger partial charge on any atom is 0.246 e. The summed E-state index contributed by atoms with van der Waals surface area (Å²) in [4.78, 5) is 93.5. The second kappa shape index (κ2) is 34.9. The summed E-state index contributed by atoms with van der Waals surface area (Å²) in [7, 11) is 0. The van der Waals surface area contributed by atoms with Crippen LogP contribution in [-0.4, -0.2) is 155 Å². The van der Waals surface area contributed by atoms with Gasteiger partial charge in [-0.2, -0.15) is 0 Å². The number of carbonyl (C=O) groups excluding carboxylic acids is 5. The number of aromatic amines is 1. The van der Waals surface area contributed by atoms with Gasteiger partial charge in [0.25, 0.3) is 0 Å². The molecule has 1 saturated carbocycles. The zero-order valence-electron chi connectivity index (χ0n) is 57.1. The number of piperidine rings is 1. The molecule has 4 amide bonds. The van der Waals surface area contributed by atoms with Crippen LogP contribution in [0.5, 0.6) is 0 Å². The topological polar surface area (TPSA) is 262 Å². The van der Waals surface area contributed by atoms with E-state index in [0.717, 1.165) is 80.2 Å². The maximum atomic E-state index is 14.6. The average Bonchev–Trinajstić information content (AvgIpc) is 1.57. The molecule has 0 radical (unpaired) electrons. The highest BCUT2D eigenvalue weighted by molar-refractivity contribution is 6.42. The van der Waals surface area contributed by atoms with Crippen LogP contribution in [0, 0.1) is 5.92 Å². The van der Waals surface area contributed by atoms with Crippen LogP contribution >= 0.6 is 46.4 Å². The van der Waals surface area contributed by atoms with Crippen molar-refractivity contribution in [2.24, 2.45) is 5.92 Å². The largest absolute Gasteiger partial charge is 0.387 e. The van der Waals surface area contributed by atoms with Crippen LogP contribution in [0.15, 0.2) is 109 Å². The van der Waals surface area contributed by atoms with Gasteiger partial charge in [-0.1, -0.05) is 135 Å². The molecule has 7 N–H and O–H groups in total. The number of benzene rings is 4. The number of hydrogen-bond donors (Lipinski definition) is 7. The molecule has 4 aromatic carbocycles. The number of fused-ring (bicyclic) bond motifs is 2. The van der Waals surface area contributed by atoms with Crippen LogP contribution in [0.25, 0.3) is 34.3 Å². The first-order valence-electron chi connectivity index (χ1n) is 34.7. The molecule has 5 heterocycles. The van der Waals surface area contributed by atoms with Crippen molar-refractivity contribution in [3.8, 4) is 0 Å². The van der Waals surface area contributed by atoms with Gasteiger partial charge in [0.1, 0.15) is 36.5 Å². The highest BCUT2D eigenvalue weighted by atomic mass is 35.5. The van der Waals surface area contributed by atoms with E-state index in [1.54, 1.807) is 64.3 Å². The number of amides is 4. The quantitative estimate of drug-likeness (QED) is 0.0153. The molecule has 3 fully saturated rings. The first kappa shape index (κ1) is 74.4. The monoisotopic (exact) mass is 1430 g/mol. The molecule has 24 heteroatoms. The highest BCUT2D eigenvalue weighted by Crippen LogP contribution is 2.39. The van der Waals surface area contributed by atoms with Crippen LogP contribution in [-0.2, 0) is 47.0 Å². The fraction of sp³-hybridized carbons (Fsp3) is 0.480. The Balaban J connectivity index is 0.584. The first-order chi connectivity index (χ1) is 47.5. The van der Waals surface area contributed by atoms with Crippen LogP contribution < -0.4 is 21.3 Å². The molecule has 2 aliphatic heterocycles. The molecule has 99 heavy (non-hydrogen) atoms. The number of aryl methyl sites for hydroxylation is 1. The van der Waals surface area contributed by atoms with Gasteiger partial charge in [-0.25, -0.2) is 19.9 Å². The molecule has 7 aromatic rings. The van der Waals surface area contributed by atoms with Gasteiger partial charge in [-0.05, 0) is 147 Å². The number of nitrogens with one attached hydrogen (secondary N) is 5. The Morgan fingerprint density at radius 1 is 0.727 bits per heavy atom. The zero-order chi connectivity index (χ0) is 70.3. The maximum absolute atomic E-state index is 14.6. The number of aliphatic hydroxyl groups is 2. The predicted molar refractivity (Wildman–Crippen MR) is 391 cm³/mol. The van der Waals surface area contributed by atoms with Gasteiger partial charge in [-0.3, -0.25) is 33.4 Å². The fourth-order valence-electron chi connectivity index (χ4n) is 13.2. The number of H-pyrrole nitrogens is 1. The molecule has 528 valence electrons. The number of aliphatic hydroxyl groups excluding tert-OH is 2. The Hall–Kier alpha value is -7.27. The number of ketones is 1. The molecule has 0 spiro atoms. The van der Waals surface area contributed by atoms with Crippen LogP contribution in [0.3, 0.4) is 0 Å². The van der Waals surface area contributed by atoms with E-state index in [1.807, 2.05) is 30.3 Å². The third kappa shape index (κ3) is 20.3. The minimum absolute atomic E-state index is 0.000645. The van der Waals surface area contributed by atoms with Crippen LogP contribution in [0.4, 0.5) is 5.82 Å². The van der Waals surface area contributed by atoms with E-state index in [4.69, 9.17) is 56.1 Å². The lowest BCUT2D eigenvalue weighted by molar-refractivity contribution is -0.136. The summed E-state index contributed by atoms with van der Waals surface area (Å²) in [6, 6.07) is 25.7. The number of imidazole rings is 2. The van der Waals surface area contributed by atoms with Crippen molar-refractivity contribution in [2.75, 3.05) is 44.6 Å². The SMILES string of the molecule is CC(C)N(C[C@H]1OC(n2cnc3c(NCCCCNC(=O)CCCC(=O)NCCCCCCCC(=O)N[C@H](Cc4ccccc4)C(=O)N4C/C(=C\c5ccc(Cl)c(Cl)c5)C(=O)/C(=C/c5ccc(Cl)c(Cl)c5)C4)ncnc32)C(O)C1O)C1CC(CCc2nc3ccc(C(C)(C)C)cc3[nH]2)C1. The van der Waals surface area contributed by atoms with Crippen molar-refractivity contribution in [2.45, 2.75) is 185 Å². The van der Waals surface area contributed by atoms with E-state index < -0.39 is 30.6 Å². The number of unbranched alkanes of at least 4 members (excludes halogenated alkanes) is 5. The lowest BCUT2D eigenvalue weighted by atomic mass is 9.76. The highest BCUT2D eigenvalue weighted by Gasteiger charge is 2.47. The number of halogens is 4. The lowest BCUT2D eigenvalue weighted by Gasteiger charge is -2.46. The minimum atomic E-state index is -1.20. The second-order valence-corrected chi connectivity index (χ2v) is 29.4. The van der Waals surface area contributed by atoms with Crippen molar-refractivity contribution in [3.63, 3.8) is 0 Å². The van der Waals surface area contributed by atoms with Gasteiger partial charge >= 0.3 is 0 Å². The number of carbonyl (C=O) groups is 5. The molecule has 1 aliphatic carbocycles. The lowest BCUT2D eigenvalue weighted by Crippen LogP contribution is -2.52.